The van der Waals surface area contributed by atoms with Crippen LogP contribution in [0.5, 0.6) is 0 Å². The predicted octanol–water partition coefficient (Wildman–Crippen LogP) is 2.14. The molecule has 1 unspecified atom stereocenters. The topological polar surface area (TPSA) is 150 Å². The van der Waals surface area contributed by atoms with Crippen molar-refractivity contribution in [3.05, 3.63) is 42.2 Å². The maximum atomic E-state index is 12.8. The summed E-state index contributed by atoms with van der Waals surface area (Å²) in [6, 6.07) is 3.59. The van der Waals surface area contributed by atoms with Crippen LogP contribution < -0.4 is 16.4 Å². The third-order valence-corrected chi connectivity index (χ3v) is 5.73. The first-order valence-electron chi connectivity index (χ1n) is 11.0. The predicted molar refractivity (Wildman–Crippen MR) is 119 cm³/mol. The number of carbonyl (C=O) groups is 2. The number of hydrogen-bond donors (Lipinski definition) is 3. The highest BCUT2D eigenvalue weighted by Gasteiger charge is 2.23. The van der Waals surface area contributed by atoms with Gasteiger partial charge in [0.25, 0.3) is 11.8 Å². The van der Waals surface area contributed by atoms with Crippen LogP contribution in [0.3, 0.4) is 0 Å². The van der Waals surface area contributed by atoms with Crippen LogP contribution in [0.4, 0.5) is 11.5 Å². The molecular weight excluding hydrogens is 426 g/mol. The van der Waals surface area contributed by atoms with Crippen LogP contribution in [-0.4, -0.2) is 51.3 Å². The molecule has 2 aliphatic rings. The third kappa shape index (κ3) is 5.03. The van der Waals surface area contributed by atoms with Gasteiger partial charge in [-0.2, -0.15) is 5.10 Å². The number of aromatic nitrogens is 4. The highest BCUT2D eigenvalue weighted by molar-refractivity contribution is 6.07. The Kier molecular flexibility index (Phi) is 5.78. The molecule has 1 aliphatic carbocycles. The van der Waals surface area contributed by atoms with E-state index < -0.39 is 11.8 Å². The Balaban J connectivity index is 1.28. The Bertz CT molecular complexity index is 1160. The van der Waals surface area contributed by atoms with E-state index in [2.05, 4.69) is 25.7 Å². The van der Waals surface area contributed by atoms with E-state index in [9.17, 15) is 9.59 Å². The number of anilines is 2. The Morgan fingerprint density at radius 2 is 2.12 bits per heavy atom. The van der Waals surface area contributed by atoms with Crippen molar-refractivity contribution in [3.8, 4) is 11.5 Å². The number of oxazole rings is 1. The second-order valence-electron chi connectivity index (χ2n) is 8.45. The number of nitrogens with zero attached hydrogens (tertiary/aromatic N) is 4. The number of nitrogens with one attached hydrogen (secondary N) is 2. The molecular formula is C22H25N7O4. The van der Waals surface area contributed by atoms with Crippen LogP contribution in [0, 0.1) is 11.8 Å². The molecule has 2 amide bonds. The number of rotatable bonds is 9. The highest BCUT2D eigenvalue weighted by atomic mass is 16.5. The summed E-state index contributed by atoms with van der Waals surface area (Å²) in [6.07, 6.45) is 7.94. The Morgan fingerprint density at radius 1 is 1.24 bits per heavy atom. The summed E-state index contributed by atoms with van der Waals surface area (Å²) in [4.78, 5) is 33.2. The van der Waals surface area contributed by atoms with E-state index in [-0.39, 0.29) is 17.1 Å². The number of nitrogens with two attached hydrogens (primary N) is 1. The molecule has 1 saturated heterocycles. The molecule has 0 spiro atoms. The van der Waals surface area contributed by atoms with Crippen LogP contribution in [0.25, 0.3) is 11.5 Å². The fourth-order valence-electron chi connectivity index (χ4n) is 3.71. The standard InChI is InChI=1S/C22H25N7O4/c23-20(30)19-16(10-29(28-19)9-14-4-6-32-11-14)26-21(31)17-12-33-22(27-17)15-3-5-24-18(7-15)25-8-13-1-2-13/h3,5,7,10,12-14H,1-2,4,6,8-9,11H2,(H2,23,30)(H,24,25)(H,26,31). The van der Waals surface area contributed by atoms with Crippen LogP contribution in [0.15, 0.2) is 35.2 Å². The second kappa shape index (κ2) is 9.02. The van der Waals surface area contributed by atoms with Gasteiger partial charge in [0.05, 0.1) is 12.3 Å². The van der Waals surface area contributed by atoms with E-state index in [1.165, 1.54) is 19.1 Å². The first kappa shape index (κ1) is 21.1. The van der Waals surface area contributed by atoms with Gasteiger partial charge in [-0.25, -0.2) is 9.97 Å². The molecule has 0 bridgehead atoms. The molecule has 1 aliphatic heterocycles. The van der Waals surface area contributed by atoms with E-state index in [1.54, 1.807) is 23.1 Å². The summed E-state index contributed by atoms with van der Waals surface area (Å²) in [5.41, 5.74) is 6.45. The fraction of sp³-hybridized carbons (Fsp3) is 0.409. The molecule has 3 aromatic rings. The average molecular weight is 451 g/mol. The van der Waals surface area contributed by atoms with Gasteiger partial charge in [0.1, 0.15) is 12.1 Å². The van der Waals surface area contributed by atoms with Crippen molar-refractivity contribution < 1.29 is 18.7 Å². The van der Waals surface area contributed by atoms with Gasteiger partial charge in [-0.1, -0.05) is 0 Å². The zero-order valence-corrected chi connectivity index (χ0v) is 18.0. The van der Waals surface area contributed by atoms with Gasteiger partial charge in [-0.15, -0.1) is 0 Å². The van der Waals surface area contributed by atoms with Gasteiger partial charge in [-0.05, 0) is 37.3 Å². The number of amides is 2. The highest BCUT2D eigenvalue weighted by Crippen LogP contribution is 2.29. The summed E-state index contributed by atoms with van der Waals surface area (Å²) < 4.78 is 12.5. The van der Waals surface area contributed by atoms with Gasteiger partial charge in [0.2, 0.25) is 5.89 Å². The smallest absolute Gasteiger partial charge is 0.277 e. The van der Waals surface area contributed by atoms with Crippen molar-refractivity contribution >= 4 is 23.3 Å². The lowest BCUT2D eigenvalue weighted by atomic mass is 10.1. The average Bonchev–Trinajstić information content (AvgIpc) is 3.19. The van der Waals surface area contributed by atoms with E-state index >= 15 is 0 Å². The zero-order valence-electron chi connectivity index (χ0n) is 18.0. The van der Waals surface area contributed by atoms with Crippen molar-refractivity contribution in [1.29, 1.82) is 0 Å². The molecule has 2 fully saturated rings. The first-order chi connectivity index (χ1) is 16.0. The molecule has 5 rings (SSSR count). The molecule has 3 aromatic heterocycles. The van der Waals surface area contributed by atoms with Gasteiger partial charge in [-0.3, -0.25) is 14.3 Å². The SMILES string of the molecule is NC(=O)c1nn(CC2CCOC2)cc1NC(=O)c1coc(-c2ccnc(NCC3CC3)c2)n1. The number of primary amides is 1. The monoisotopic (exact) mass is 451 g/mol. The fourth-order valence-corrected chi connectivity index (χ4v) is 3.71. The molecule has 4 heterocycles. The Morgan fingerprint density at radius 3 is 2.88 bits per heavy atom. The second-order valence-corrected chi connectivity index (χ2v) is 8.45. The van der Waals surface area contributed by atoms with Crippen molar-refractivity contribution in [1.82, 2.24) is 19.7 Å². The lowest BCUT2D eigenvalue weighted by Crippen LogP contribution is -2.18. The van der Waals surface area contributed by atoms with Gasteiger partial charge < -0.3 is 25.5 Å². The number of carbonyl (C=O) groups excluding carboxylic acids is 2. The summed E-state index contributed by atoms with van der Waals surface area (Å²) in [5.74, 6) is 0.789. The normalized spacial score (nSPS) is 17.8. The summed E-state index contributed by atoms with van der Waals surface area (Å²) in [7, 11) is 0. The minimum atomic E-state index is -0.726. The van der Waals surface area contributed by atoms with Crippen LogP contribution in [0.2, 0.25) is 0 Å². The summed E-state index contributed by atoms with van der Waals surface area (Å²) >= 11 is 0. The summed E-state index contributed by atoms with van der Waals surface area (Å²) in [6.45, 7) is 2.81. The molecule has 1 atom stereocenters. The van der Waals surface area contributed by atoms with Crippen LogP contribution >= 0.6 is 0 Å². The number of ether oxygens (including phenoxy) is 1. The quantitative estimate of drug-likeness (QED) is 0.448. The summed E-state index contributed by atoms with van der Waals surface area (Å²) in [5, 5.41) is 10.2. The van der Waals surface area contributed by atoms with Crippen LogP contribution in [0.1, 0.15) is 40.2 Å². The lowest BCUT2D eigenvalue weighted by molar-refractivity contribution is 0.0995. The Labute approximate surface area is 189 Å². The number of hydrogen-bond acceptors (Lipinski definition) is 8. The van der Waals surface area contributed by atoms with Crippen molar-refractivity contribution in [3.63, 3.8) is 0 Å². The molecule has 11 nitrogen and oxygen atoms in total. The minimum absolute atomic E-state index is 0.00787. The van der Waals surface area contributed by atoms with E-state index in [4.69, 9.17) is 14.9 Å². The number of pyridine rings is 1. The minimum Gasteiger partial charge on any atom is -0.444 e. The Hall–Kier alpha value is -3.73. The van der Waals surface area contributed by atoms with Crippen LogP contribution in [-0.2, 0) is 11.3 Å². The third-order valence-electron chi connectivity index (χ3n) is 5.73. The molecule has 0 aromatic carbocycles. The van der Waals surface area contributed by atoms with E-state index in [0.717, 1.165) is 18.8 Å². The molecule has 4 N–H and O–H groups in total. The molecule has 33 heavy (non-hydrogen) atoms. The molecule has 11 heteroatoms. The molecule has 172 valence electrons. The van der Waals surface area contributed by atoms with E-state index in [0.29, 0.717) is 43.0 Å². The maximum Gasteiger partial charge on any atom is 0.277 e. The zero-order chi connectivity index (χ0) is 22.8. The van der Waals surface area contributed by atoms with Crippen molar-refractivity contribution in [2.24, 2.45) is 17.6 Å². The van der Waals surface area contributed by atoms with Crippen molar-refractivity contribution in [2.75, 3.05) is 30.4 Å². The van der Waals surface area contributed by atoms with Gasteiger partial charge in [0, 0.05) is 43.6 Å². The molecule has 1 saturated carbocycles. The lowest BCUT2D eigenvalue weighted by Gasteiger charge is -2.06. The van der Waals surface area contributed by atoms with Gasteiger partial charge in [0.15, 0.2) is 11.4 Å². The van der Waals surface area contributed by atoms with Gasteiger partial charge >= 0.3 is 0 Å². The van der Waals surface area contributed by atoms with E-state index in [1.807, 2.05) is 6.07 Å². The largest absolute Gasteiger partial charge is 0.444 e. The molecule has 0 radical (unpaired) electrons. The maximum absolute atomic E-state index is 12.8. The first-order valence-corrected chi connectivity index (χ1v) is 11.0. The van der Waals surface area contributed by atoms with Crippen molar-refractivity contribution in [2.45, 2.75) is 25.8 Å².